The third-order valence-corrected chi connectivity index (χ3v) is 5.19. The van der Waals surface area contributed by atoms with Crippen LogP contribution in [0.2, 0.25) is 0 Å². The van der Waals surface area contributed by atoms with Crippen LogP contribution >= 0.6 is 0 Å². The SMILES string of the molecule is Cc1nc(Nc2ccc(C#N)nc2)cc(C2CCN(Cc3ccc(C)o3)CC2)n1. The van der Waals surface area contributed by atoms with Gasteiger partial charge in [-0.2, -0.15) is 5.26 Å². The van der Waals surface area contributed by atoms with Gasteiger partial charge < -0.3 is 9.73 Å². The van der Waals surface area contributed by atoms with Gasteiger partial charge in [-0.3, -0.25) is 4.90 Å². The fourth-order valence-electron chi connectivity index (χ4n) is 3.72. The summed E-state index contributed by atoms with van der Waals surface area (Å²) < 4.78 is 5.71. The summed E-state index contributed by atoms with van der Waals surface area (Å²) in [5, 5.41) is 12.1. The Morgan fingerprint density at radius 1 is 1.17 bits per heavy atom. The van der Waals surface area contributed by atoms with Crippen LogP contribution in [0.15, 0.2) is 40.9 Å². The fourth-order valence-corrected chi connectivity index (χ4v) is 3.72. The van der Waals surface area contributed by atoms with E-state index in [4.69, 9.17) is 14.7 Å². The number of rotatable bonds is 5. The molecule has 1 aliphatic heterocycles. The second-order valence-electron chi connectivity index (χ2n) is 7.46. The molecule has 1 saturated heterocycles. The number of nitrogens with zero attached hydrogens (tertiary/aromatic N) is 5. The predicted octanol–water partition coefficient (Wildman–Crippen LogP) is 4.08. The molecule has 0 atom stereocenters. The second-order valence-corrected chi connectivity index (χ2v) is 7.46. The lowest BCUT2D eigenvalue weighted by Crippen LogP contribution is -2.32. The van der Waals surface area contributed by atoms with E-state index in [0.717, 1.165) is 67.0 Å². The number of piperidine rings is 1. The van der Waals surface area contributed by atoms with E-state index in [-0.39, 0.29) is 0 Å². The summed E-state index contributed by atoms with van der Waals surface area (Å²) in [6, 6.07) is 11.7. The zero-order chi connectivity index (χ0) is 20.2. The minimum absolute atomic E-state index is 0.395. The zero-order valence-electron chi connectivity index (χ0n) is 16.7. The van der Waals surface area contributed by atoms with Crippen molar-refractivity contribution in [2.75, 3.05) is 18.4 Å². The molecule has 29 heavy (non-hydrogen) atoms. The van der Waals surface area contributed by atoms with E-state index in [1.807, 2.05) is 38.1 Å². The maximum Gasteiger partial charge on any atom is 0.140 e. The van der Waals surface area contributed by atoms with E-state index in [1.165, 1.54) is 0 Å². The van der Waals surface area contributed by atoms with E-state index in [9.17, 15) is 0 Å². The summed E-state index contributed by atoms with van der Waals surface area (Å²) in [7, 11) is 0. The number of hydrogen-bond acceptors (Lipinski definition) is 7. The molecule has 0 amide bonds. The maximum atomic E-state index is 8.88. The van der Waals surface area contributed by atoms with Gasteiger partial charge in [0.15, 0.2) is 0 Å². The molecular weight excluding hydrogens is 364 g/mol. The van der Waals surface area contributed by atoms with Gasteiger partial charge in [0.1, 0.15) is 34.9 Å². The number of aromatic nitrogens is 3. The summed E-state index contributed by atoms with van der Waals surface area (Å²) in [6.45, 7) is 6.81. The Labute approximate surface area is 170 Å². The van der Waals surface area contributed by atoms with Gasteiger partial charge in [-0.15, -0.1) is 0 Å². The monoisotopic (exact) mass is 388 g/mol. The lowest BCUT2D eigenvalue weighted by atomic mass is 9.93. The van der Waals surface area contributed by atoms with Gasteiger partial charge in [-0.05, 0) is 64.0 Å². The Bertz CT molecular complexity index is 1010. The van der Waals surface area contributed by atoms with E-state index in [2.05, 4.69) is 26.3 Å². The molecule has 0 radical (unpaired) electrons. The normalized spacial score (nSPS) is 15.2. The van der Waals surface area contributed by atoms with Gasteiger partial charge in [0, 0.05) is 17.7 Å². The molecule has 0 aromatic carbocycles. The molecule has 1 N–H and O–H groups in total. The zero-order valence-corrected chi connectivity index (χ0v) is 16.7. The molecule has 0 unspecified atom stereocenters. The first-order chi connectivity index (χ1) is 14.1. The molecule has 3 aromatic rings. The van der Waals surface area contributed by atoms with E-state index in [0.29, 0.717) is 11.6 Å². The van der Waals surface area contributed by atoms with E-state index < -0.39 is 0 Å². The van der Waals surface area contributed by atoms with Crippen LogP contribution in [0.5, 0.6) is 0 Å². The highest BCUT2D eigenvalue weighted by atomic mass is 16.3. The third kappa shape index (κ3) is 4.79. The van der Waals surface area contributed by atoms with Crippen molar-refractivity contribution in [1.82, 2.24) is 19.9 Å². The van der Waals surface area contributed by atoms with Gasteiger partial charge in [-0.1, -0.05) is 0 Å². The summed E-state index contributed by atoms with van der Waals surface area (Å²) in [5.41, 5.74) is 2.28. The Morgan fingerprint density at radius 3 is 2.66 bits per heavy atom. The Morgan fingerprint density at radius 2 is 2.00 bits per heavy atom. The Hall–Kier alpha value is -3.24. The van der Waals surface area contributed by atoms with Crippen molar-refractivity contribution in [1.29, 1.82) is 5.26 Å². The molecule has 0 saturated carbocycles. The molecule has 7 nitrogen and oxygen atoms in total. The average molecular weight is 388 g/mol. The van der Waals surface area contributed by atoms with Crippen molar-refractivity contribution in [3.05, 3.63) is 65.3 Å². The van der Waals surface area contributed by atoms with Gasteiger partial charge in [0.25, 0.3) is 0 Å². The molecule has 4 rings (SSSR count). The highest BCUT2D eigenvalue weighted by Crippen LogP contribution is 2.29. The number of likely N-dealkylation sites (tertiary alicyclic amines) is 1. The molecule has 0 bridgehead atoms. The minimum atomic E-state index is 0.395. The maximum absolute atomic E-state index is 8.88. The Kier molecular flexibility index (Phi) is 5.54. The van der Waals surface area contributed by atoms with Crippen LogP contribution < -0.4 is 5.32 Å². The van der Waals surface area contributed by atoms with Gasteiger partial charge in [0.05, 0.1) is 18.4 Å². The van der Waals surface area contributed by atoms with Crippen LogP contribution in [0.3, 0.4) is 0 Å². The van der Waals surface area contributed by atoms with Gasteiger partial charge >= 0.3 is 0 Å². The molecule has 148 valence electrons. The molecule has 1 fully saturated rings. The van der Waals surface area contributed by atoms with E-state index in [1.54, 1.807) is 12.3 Å². The van der Waals surface area contributed by atoms with Crippen molar-refractivity contribution in [3.8, 4) is 6.07 Å². The smallest absolute Gasteiger partial charge is 0.140 e. The number of nitriles is 1. The van der Waals surface area contributed by atoms with Crippen LogP contribution in [0.1, 0.15) is 47.5 Å². The number of furan rings is 1. The van der Waals surface area contributed by atoms with E-state index >= 15 is 0 Å². The lowest BCUT2D eigenvalue weighted by molar-refractivity contribution is 0.189. The number of nitrogens with one attached hydrogen (secondary N) is 1. The number of pyridine rings is 1. The van der Waals surface area contributed by atoms with Crippen LogP contribution in [0.4, 0.5) is 11.5 Å². The molecule has 1 aliphatic rings. The lowest BCUT2D eigenvalue weighted by Gasteiger charge is -2.31. The molecular formula is C22H24N6O. The van der Waals surface area contributed by atoms with Crippen molar-refractivity contribution < 1.29 is 4.42 Å². The van der Waals surface area contributed by atoms with Crippen molar-refractivity contribution in [3.63, 3.8) is 0 Å². The third-order valence-electron chi connectivity index (χ3n) is 5.19. The standard InChI is InChI=1S/C22H24N6O/c1-15-3-6-20(29-15)14-28-9-7-17(8-10-28)21-11-22(26-16(2)25-21)27-19-5-4-18(12-23)24-13-19/h3-6,11,13,17H,7-10,14H2,1-2H3,(H,25,26,27). The molecule has 7 heteroatoms. The first-order valence-corrected chi connectivity index (χ1v) is 9.85. The first kappa shape index (κ1) is 19.1. The Balaban J connectivity index is 1.40. The van der Waals surface area contributed by atoms with Crippen LogP contribution in [0, 0.1) is 25.2 Å². The van der Waals surface area contributed by atoms with Crippen molar-refractivity contribution in [2.24, 2.45) is 0 Å². The van der Waals surface area contributed by atoms with Gasteiger partial charge in [-0.25, -0.2) is 15.0 Å². The quantitative estimate of drug-likeness (QED) is 0.704. The molecule has 0 spiro atoms. The number of aryl methyl sites for hydroxylation is 2. The second kappa shape index (κ2) is 8.41. The van der Waals surface area contributed by atoms with Crippen molar-refractivity contribution in [2.45, 2.75) is 39.2 Å². The largest absolute Gasteiger partial charge is 0.465 e. The average Bonchev–Trinajstić information content (AvgIpc) is 3.13. The molecule has 0 aliphatic carbocycles. The number of hydrogen-bond donors (Lipinski definition) is 1. The summed E-state index contributed by atoms with van der Waals surface area (Å²) in [4.78, 5) is 15.7. The summed E-state index contributed by atoms with van der Waals surface area (Å²) in [5.74, 6) is 3.92. The fraction of sp³-hybridized carbons (Fsp3) is 0.364. The molecule has 4 heterocycles. The first-order valence-electron chi connectivity index (χ1n) is 9.85. The summed E-state index contributed by atoms with van der Waals surface area (Å²) in [6.07, 6.45) is 3.77. The highest BCUT2D eigenvalue weighted by Gasteiger charge is 2.23. The van der Waals surface area contributed by atoms with Crippen LogP contribution in [-0.4, -0.2) is 32.9 Å². The van der Waals surface area contributed by atoms with Crippen LogP contribution in [0.25, 0.3) is 0 Å². The van der Waals surface area contributed by atoms with Gasteiger partial charge in [0.2, 0.25) is 0 Å². The van der Waals surface area contributed by atoms with Crippen molar-refractivity contribution >= 4 is 11.5 Å². The predicted molar refractivity (Wildman–Crippen MR) is 110 cm³/mol. The topological polar surface area (TPSA) is 90.9 Å². The number of anilines is 2. The minimum Gasteiger partial charge on any atom is -0.465 e. The van der Waals surface area contributed by atoms with Crippen LogP contribution in [-0.2, 0) is 6.54 Å². The highest BCUT2D eigenvalue weighted by molar-refractivity contribution is 5.55. The summed E-state index contributed by atoms with van der Waals surface area (Å²) >= 11 is 0. The molecule has 3 aromatic heterocycles.